The van der Waals surface area contributed by atoms with E-state index in [-0.39, 0.29) is 10.8 Å². The van der Waals surface area contributed by atoms with Crippen molar-refractivity contribution >= 4 is 28.7 Å². The second-order valence-electron chi connectivity index (χ2n) is 9.45. The van der Waals surface area contributed by atoms with Gasteiger partial charge in [0.15, 0.2) is 0 Å². The number of hydrogen-bond donors (Lipinski definition) is 0. The zero-order valence-corrected chi connectivity index (χ0v) is 19.3. The van der Waals surface area contributed by atoms with Gasteiger partial charge in [-0.2, -0.15) is 9.96 Å². The fourth-order valence-electron chi connectivity index (χ4n) is 4.69. The van der Waals surface area contributed by atoms with Crippen LogP contribution in [-0.4, -0.2) is 5.71 Å². The van der Waals surface area contributed by atoms with Crippen molar-refractivity contribution in [3.63, 3.8) is 0 Å². The van der Waals surface area contributed by atoms with E-state index >= 15 is 0 Å². The first-order valence-electron chi connectivity index (χ1n) is 10.7. The summed E-state index contributed by atoms with van der Waals surface area (Å²) in [5.41, 5.74) is 1.38. The largest absolute Gasteiger partial charge is 0.160 e. The van der Waals surface area contributed by atoms with Gasteiger partial charge in [0.1, 0.15) is 0 Å². The molecule has 1 aliphatic rings. The molecule has 0 spiro atoms. The summed E-state index contributed by atoms with van der Waals surface area (Å²) in [6.07, 6.45) is 2.31. The van der Waals surface area contributed by atoms with E-state index in [1.54, 1.807) is 0 Å². The molecule has 30 heavy (non-hydrogen) atoms. The minimum atomic E-state index is -2.28. The van der Waals surface area contributed by atoms with Crippen LogP contribution in [0.15, 0.2) is 101 Å². The van der Waals surface area contributed by atoms with Crippen molar-refractivity contribution < 1.29 is 0 Å². The molecule has 154 valence electrons. The van der Waals surface area contributed by atoms with Crippen molar-refractivity contribution in [3.05, 3.63) is 91.0 Å². The van der Waals surface area contributed by atoms with Gasteiger partial charge in [-0.1, -0.05) is 119 Å². The van der Waals surface area contributed by atoms with Gasteiger partial charge in [-0.3, -0.25) is 0 Å². The molecule has 0 N–H and O–H groups in total. The first-order valence-corrected chi connectivity index (χ1v) is 12.5. The summed E-state index contributed by atoms with van der Waals surface area (Å²) in [5, 5.41) is 8.83. The molecule has 0 atom stereocenters. The normalized spacial score (nSPS) is 17.5. The van der Waals surface area contributed by atoms with E-state index in [0.717, 1.165) is 12.8 Å². The third kappa shape index (κ3) is 3.70. The number of hydrogen-bond acceptors (Lipinski definition) is 1. The Kier molecular flexibility index (Phi) is 5.55. The molecule has 0 amide bonds. The van der Waals surface area contributed by atoms with E-state index in [4.69, 9.17) is 9.96 Å². The molecule has 1 aliphatic carbocycles. The lowest BCUT2D eigenvalue weighted by Gasteiger charge is -2.28. The third-order valence-corrected chi connectivity index (χ3v) is 9.82. The van der Waals surface area contributed by atoms with E-state index in [9.17, 15) is 0 Å². The molecule has 3 aromatic carbocycles. The Morgan fingerprint density at radius 2 is 0.900 bits per heavy atom. The average molecular weight is 415 g/mol. The Bertz CT molecular complexity index is 960. The summed E-state index contributed by atoms with van der Waals surface area (Å²) in [4.78, 5) is 5.34. The van der Waals surface area contributed by atoms with Crippen LogP contribution in [0, 0.1) is 10.8 Å². The van der Waals surface area contributed by atoms with Crippen LogP contribution >= 0.6 is 7.05 Å². The Balaban J connectivity index is 2.08. The van der Waals surface area contributed by atoms with Crippen molar-refractivity contribution in [3.8, 4) is 0 Å². The van der Waals surface area contributed by atoms with Gasteiger partial charge in [-0.15, -0.1) is 0 Å². The van der Waals surface area contributed by atoms with Gasteiger partial charge in [0, 0.05) is 26.7 Å². The number of benzene rings is 3. The molecular formula is C27H31N2P. The molecule has 3 heteroatoms. The van der Waals surface area contributed by atoms with E-state index in [2.05, 4.69) is 119 Å². The highest BCUT2D eigenvalue weighted by atomic mass is 31.2. The van der Waals surface area contributed by atoms with E-state index < -0.39 is 7.05 Å². The highest BCUT2D eigenvalue weighted by molar-refractivity contribution is 7.87. The van der Waals surface area contributed by atoms with Gasteiger partial charge < -0.3 is 0 Å². The van der Waals surface area contributed by atoms with Crippen LogP contribution in [0.2, 0.25) is 0 Å². The monoisotopic (exact) mass is 414 g/mol. The predicted octanol–water partition coefficient (Wildman–Crippen LogP) is 6.37. The lowest BCUT2D eigenvalue weighted by atomic mass is 9.82. The molecule has 0 aromatic heterocycles. The van der Waals surface area contributed by atoms with Crippen molar-refractivity contribution in [1.82, 2.24) is 0 Å². The van der Waals surface area contributed by atoms with E-state index in [0.29, 0.717) is 0 Å². The van der Waals surface area contributed by atoms with Gasteiger partial charge >= 0.3 is 0 Å². The fraction of sp³-hybridized carbons (Fsp3) is 0.296. The molecule has 0 radical (unpaired) electrons. The van der Waals surface area contributed by atoms with Gasteiger partial charge in [0.05, 0.1) is 12.8 Å². The Labute approximate surface area is 181 Å². The summed E-state index contributed by atoms with van der Waals surface area (Å²) >= 11 is 0. The SMILES string of the molecule is CC1(C)CCC(C)(C)C1=NN=P(c1ccccc1)(c1ccccc1)c1ccccc1. The standard InChI is InChI=1S/C27H31N2P/c1-26(2)20-21-27(3,4)25(26)28-29-30(22-14-8-5-9-15-22,23-16-10-6-11-17-23)24-18-12-7-13-19-24/h5-19H,20-21H2,1-4H3. The van der Waals surface area contributed by atoms with Crippen LogP contribution in [0.1, 0.15) is 40.5 Å². The maximum atomic E-state index is 5.34. The van der Waals surface area contributed by atoms with Crippen molar-refractivity contribution in [2.45, 2.75) is 40.5 Å². The van der Waals surface area contributed by atoms with Crippen molar-refractivity contribution in [2.75, 3.05) is 0 Å². The highest BCUT2D eigenvalue weighted by Gasteiger charge is 2.44. The molecule has 1 saturated carbocycles. The maximum absolute atomic E-state index is 5.34. The van der Waals surface area contributed by atoms with Crippen molar-refractivity contribution in [2.24, 2.45) is 20.8 Å². The van der Waals surface area contributed by atoms with Crippen LogP contribution in [0.5, 0.6) is 0 Å². The average Bonchev–Trinajstić information content (AvgIpc) is 2.98. The Hall–Kier alpha value is -2.44. The summed E-state index contributed by atoms with van der Waals surface area (Å²) < 4.78 is 0. The zero-order valence-electron chi connectivity index (χ0n) is 18.4. The summed E-state index contributed by atoms with van der Waals surface area (Å²) in [6.45, 7) is 9.24. The van der Waals surface area contributed by atoms with Gasteiger partial charge in [-0.05, 0) is 12.8 Å². The zero-order chi connectivity index (χ0) is 21.2. The van der Waals surface area contributed by atoms with Gasteiger partial charge in [0.25, 0.3) is 0 Å². The molecular weight excluding hydrogens is 383 g/mol. The minimum Gasteiger partial charge on any atom is -0.160 e. The molecule has 0 unspecified atom stereocenters. The molecule has 2 nitrogen and oxygen atoms in total. The van der Waals surface area contributed by atoms with E-state index in [1.807, 2.05) is 0 Å². The second kappa shape index (κ2) is 8.00. The van der Waals surface area contributed by atoms with E-state index in [1.165, 1.54) is 21.6 Å². The first-order chi connectivity index (χ1) is 14.4. The van der Waals surface area contributed by atoms with Crippen LogP contribution in [0.4, 0.5) is 0 Å². The third-order valence-electron chi connectivity index (χ3n) is 6.33. The quantitative estimate of drug-likeness (QED) is 0.350. The topological polar surface area (TPSA) is 24.7 Å². The smallest absolute Gasteiger partial charge is 0.0837 e. The fourth-order valence-corrected chi connectivity index (χ4v) is 7.93. The molecule has 4 rings (SSSR count). The van der Waals surface area contributed by atoms with Crippen molar-refractivity contribution in [1.29, 1.82) is 0 Å². The first kappa shape index (κ1) is 20.8. The lowest BCUT2D eigenvalue weighted by Crippen LogP contribution is -2.28. The Morgan fingerprint density at radius 3 is 1.23 bits per heavy atom. The summed E-state index contributed by atoms with van der Waals surface area (Å²) in [7, 11) is -2.28. The highest BCUT2D eigenvalue weighted by Crippen LogP contribution is 2.50. The predicted molar refractivity (Wildman–Crippen MR) is 132 cm³/mol. The van der Waals surface area contributed by atoms with Gasteiger partial charge in [0.2, 0.25) is 0 Å². The number of nitrogens with zero attached hydrogens (tertiary/aromatic N) is 2. The molecule has 3 aromatic rings. The van der Waals surface area contributed by atoms with Crippen LogP contribution < -0.4 is 15.9 Å². The molecule has 1 fully saturated rings. The minimum absolute atomic E-state index is 0.0761. The van der Waals surface area contributed by atoms with Crippen LogP contribution in [0.3, 0.4) is 0 Å². The molecule has 0 bridgehead atoms. The molecule has 0 heterocycles. The van der Waals surface area contributed by atoms with Crippen LogP contribution in [-0.2, 0) is 0 Å². The molecule has 0 saturated heterocycles. The Morgan fingerprint density at radius 1 is 0.567 bits per heavy atom. The molecule has 0 aliphatic heterocycles. The summed E-state index contributed by atoms with van der Waals surface area (Å²) in [6, 6.07) is 32.2. The number of rotatable bonds is 4. The summed E-state index contributed by atoms with van der Waals surface area (Å²) in [5.74, 6) is 0. The van der Waals surface area contributed by atoms with Gasteiger partial charge in [-0.25, -0.2) is 0 Å². The van der Waals surface area contributed by atoms with Crippen LogP contribution in [0.25, 0.3) is 0 Å². The lowest BCUT2D eigenvalue weighted by molar-refractivity contribution is 0.476. The second-order valence-corrected chi connectivity index (χ2v) is 12.4. The maximum Gasteiger partial charge on any atom is 0.0837 e.